The Morgan fingerprint density at radius 3 is 2.65 bits per heavy atom. The summed E-state index contributed by atoms with van der Waals surface area (Å²) < 4.78 is 14.9. The summed E-state index contributed by atoms with van der Waals surface area (Å²) in [6.45, 7) is 4.32. The van der Waals surface area contributed by atoms with Crippen molar-refractivity contribution in [1.82, 2.24) is 25.4 Å². The summed E-state index contributed by atoms with van der Waals surface area (Å²) in [5.74, 6) is 1.52. The van der Waals surface area contributed by atoms with E-state index in [1.165, 1.54) is 12.1 Å². The number of halogens is 1. The average Bonchev–Trinajstić information content (AvgIpc) is 3.02. The molecule has 1 aromatic carbocycles. The van der Waals surface area contributed by atoms with Gasteiger partial charge in [0.2, 0.25) is 0 Å². The minimum atomic E-state index is -0.209. The van der Waals surface area contributed by atoms with Crippen LogP contribution in [0.25, 0.3) is 0 Å². The SMILES string of the molecule is CCc1nncn1CCNC(=NC)NCCc1ccc(F)cc1. The van der Waals surface area contributed by atoms with Crippen molar-refractivity contribution in [2.24, 2.45) is 4.99 Å². The Morgan fingerprint density at radius 2 is 1.96 bits per heavy atom. The van der Waals surface area contributed by atoms with Gasteiger partial charge in [0, 0.05) is 33.1 Å². The maximum atomic E-state index is 12.8. The molecule has 0 amide bonds. The van der Waals surface area contributed by atoms with Gasteiger partial charge in [0.1, 0.15) is 18.0 Å². The minimum Gasteiger partial charge on any atom is -0.356 e. The Bertz CT molecular complexity index is 620. The first-order chi connectivity index (χ1) is 11.2. The van der Waals surface area contributed by atoms with E-state index in [-0.39, 0.29) is 5.82 Å². The first-order valence-corrected chi connectivity index (χ1v) is 7.78. The zero-order valence-electron chi connectivity index (χ0n) is 13.6. The molecule has 2 N–H and O–H groups in total. The Morgan fingerprint density at radius 1 is 1.22 bits per heavy atom. The molecule has 0 radical (unpaired) electrons. The Labute approximate surface area is 135 Å². The summed E-state index contributed by atoms with van der Waals surface area (Å²) in [7, 11) is 1.74. The maximum absolute atomic E-state index is 12.8. The van der Waals surface area contributed by atoms with E-state index in [0.29, 0.717) is 0 Å². The second kappa shape index (κ2) is 8.87. The van der Waals surface area contributed by atoms with E-state index in [1.807, 2.05) is 4.57 Å². The molecule has 0 bridgehead atoms. The van der Waals surface area contributed by atoms with Crippen LogP contribution in [0.2, 0.25) is 0 Å². The van der Waals surface area contributed by atoms with Crippen LogP contribution in [-0.4, -0.2) is 40.9 Å². The Balaban J connectivity index is 1.70. The normalized spacial score (nSPS) is 11.5. The van der Waals surface area contributed by atoms with Gasteiger partial charge in [-0.05, 0) is 24.1 Å². The quantitative estimate of drug-likeness (QED) is 0.598. The van der Waals surface area contributed by atoms with Gasteiger partial charge in [-0.15, -0.1) is 10.2 Å². The number of hydrogen-bond acceptors (Lipinski definition) is 3. The standard InChI is InChI=1S/C16H23FN6/c1-3-15-22-21-12-23(15)11-10-20-16(18-2)19-9-8-13-4-6-14(17)7-5-13/h4-7,12H,3,8-11H2,1-2H3,(H2,18,19,20). The molecular formula is C16H23FN6. The maximum Gasteiger partial charge on any atom is 0.191 e. The third-order valence-corrected chi connectivity index (χ3v) is 3.50. The summed E-state index contributed by atoms with van der Waals surface area (Å²) in [4.78, 5) is 4.19. The number of aromatic nitrogens is 3. The monoisotopic (exact) mass is 318 g/mol. The van der Waals surface area contributed by atoms with Crippen LogP contribution in [0.4, 0.5) is 4.39 Å². The summed E-state index contributed by atoms with van der Waals surface area (Å²) in [5.41, 5.74) is 1.09. The van der Waals surface area contributed by atoms with Crippen molar-refractivity contribution in [1.29, 1.82) is 0 Å². The van der Waals surface area contributed by atoms with Crippen molar-refractivity contribution in [3.63, 3.8) is 0 Å². The van der Waals surface area contributed by atoms with Crippen molar-refractivity contribution in [3.8, 4) is 0 Å². The highest BCUT2D eigenvalue weighted by atomic mass is 19.1. The fourth-order valence-electron chi connectivity index (χ4n) is 2.23. The molecule has 124 valence electrons. The van der Waals surface area contributed by atoms with E-state index in [2.05, 4.69) is 32.7 Å². The molecule has 0 unspecified atom stereocenters. The highest BCUT2D eigenvalue weighted by Gasteiger charge is 2.02. The molecule has 1 heterocycles. The molecule has 0 atom stereocenters. The smallest absolute Gasteiger partial charge is 0.191 e. The lowest BCUT2D eigenvalue weighted by atomic mass is 10.1. The zero-order valence-corrected chi connectivity index (χ0v) is 13.6. The van der Waals surface area contributed by atoms with Crippen LogP contribution in [-0.2, 0) is 19.4 Å². The second-order valence-electron chi connectivity index (χ2n) is 5.10. The van der Waals surface area contributed by atoms with Crippen LogP contribution in [0.3, 0.4) is 0 Å². The van der Waals surface area contributed by atoms with Crippen molar-refractivity contribution < 1.29 is 4.39 Å². The molecule has 0 fully saturated rings. The van der Waals surface area contributed by atoms with Gasteiger partial charge in [-0.2, -0.15) is 0 Å². The molecular weight excluding hydrogens is 295 g/mol. The van der Waals surface area contributed by atoms with Gasteiger partial charge in [-0.3, -0.25) is 4.99 Å². The fraction of sp³-hybridized carbons (Fsp3) is 0.438. The molecule has 7 heteroatoms. The van der Waals surface area contributed by atoms with Gasteiger partial charge in [0.15, 0.2) is 5.96 Å². The number of aliphatic imine (C=N–C) groups is 1. The van der Waals surface area contributed by atoms with Gasteiger partial charge < -0.3 is 15.2 Å². The van der Waals surface area contributed by atoms with Gasteiger partial charge in [0.25, 0.3) is 0 Å². The average molecular weight is 318 g/mol. The Kier molecular flexibility index (Phi) is 6.53. The third kappa shape index (κ3) is 5.36. The molecule has 0 saturated carbocycles. The van der Waals surface area contributed by atoms with Crippen LogP contribution in [0.5, 0.6) is 0 Å². The molecule has 2 aromatic rings. The molecule has 0 aliphatic carbocycles. The number of hydrogen-bond donors (Lipinski definition) is 2. The fourth-order valence-corrected chi connectivity index (χ4v) is 2.23. The minimum absolute atomic E-state index is 0.209. The van der Waals surface area contributed by atoms with Crippen molar-refractivity contribution >= 4 is 5.96 Å². The lowest BCUT2D eigenvalue weighted by molar-refractivity contribution is 0.626. The van der Waals surface area contributed by atoms with Crippen molar-refractivity contribution in [3.05, 3.63) is 47.8 Å². The second-order valence-corrected chi connectivity index (χ2v) is 5.10. The molecule has 0 aliphatic heterocycles. The molecule has 6 nitrogen and oxygen atoms in total. The molecule has 0 saturated heterocycles. The first kappa shape index (κ1) is 16.9. The molecule has 2 rings (SSSR count). The molecule has 0 spiro atoms. The predicted octanol–water partition coefficient (Wildman–Crippen LogP) is 1.39. The van der Waals surface area contributed by atoms with Crippen LogP contribution in [0.1, 0.15) is 18.3 Å². The number of nitrogens with one attached hydrogen (secondary N) is 2. The van der Waals surface area contributed by atoms with E-state index >= 15 is 0 Å². The van der Waals surface area contributed by atoms with Crippen molar-refractivity contribution in [2.45, 2.75) is 26.3 Å². The first-order valence-electron chi connectivity index (χ1n) is 7.78. The number of rotatable bonds is 7. The highest BCUT2D eigenvalue weighted by molar-refractivity contribution is 5.79. The van der Waals surface area contributed by atoms with Crippen LogP contribution in [0, 0.1) is 5.82 Å². The van der Waals surface area contributed by atoms with Crippen LogP contribution >= 0.6 is 0 Å². The van der Waals surface area contributed by atoms with Crippen LogP contribution in [0.15, 0.2) is 35.6 Å². The third-order valence-electron chi connectivity index (χ3n) is 3.50. The summed E-state index contributed by atoms with van der Waals surface area (Å²) in [6, 6.07) is 6.55. The van der Waals surface area contributed by atoms with E-state index in [9.17, 15) is 4.39 Å². The largest absolute Gasteiger partial charge is 0.356 e. The molecule has 23 heavy (non-hydrogen) atoms. The topological polar surface area (TPSA) is 67.1 Å². The van der Waals surface area contributed by atoms with Crippen LogP contribution < -0.4 is 10.6 Å². The van der Waals surface area contributed by atoms with E-state index in [0.717, 1.165) is 49.8 Å². The lowest BCUT2D eigenvalue weighted by Crippen LogP contribution is -2.39. The Hall–Kier alpha value is -2.44. The van der Waals surface area contributed by atoms with E-state index < -0.39 is 0 Å². The van der Waals surface area contributed by atoms with Gasteiger partial charge in [0.05, 0.1) is 0 Å². The number of guanidine groups is 1. The highest BCUT2D eigenvalue weighted by Crippen LogP contribution is 2.02. The number of nitrogens with zero attached hydrogens (tertiary/aromatic N) is 4. The zero-order chi connectivity index (χ0) is 16.5. The van der Waals surface area contributed by atoms with Gasteiger partial charge in [-0.25, -0.2) is 4.39 Å². The predicted molar refractivity (Wildman–Crippen MR) is 88.9 cm³/mol. The van der Waals surface area contributed by atoms with Crippen molar-refractivity contribution in [2.75, 3.05) is 20.1 Å². The van der Waals surface area contributed by atoms with Gasteiger partial charge in [-0.1, -0.05) is 19.1 Å². The number of aryl methyl sites for hydroxylation is 1. The van der Waals surface area contributed by atoms with Gasteiger partial charge >= 0.3 is 0 Å². The summed E-state index contributed by atoms with van der Waals surface area (Å²) in [6.07, 6.45) is 3.42. The van der Waals surface area contributed by atoms with E-state index in [4.69, 9.17) is 0 Å². The van der Waals surface area contributed by atoms with E-state index in [1.54, 1.807) is 25.5 Å². The lowest BCUT2D eigenvalue weighted by Gasteiger charge is -2.12. The summed E-state index contributed by atoms with van der Waals surface area (Å²) in [5, 5.41) is 14.5. The molecule has 1 aromatic heterocycles. The summed E-state index contributed by atoms with van der Waals surface area (Å²) >= 11 is 0. The number of benzene rings is 1. The molecule has 0 aliphatic rings.